The van der Waals surface area contributed by atoms with Gasteiger partial charge in [-0.05, 0) is 12.0 Å². The van der Waals surface area contributed by atoms with Crippen LogP contribution in [0.5, 0.6) is 0 Å². The number of rotatable bonds is 12. The summed E-state index contributed by atoms with van der Waals surface area (Å²) in [6, 6.07) is 10.1. The van der Waals surface area contributed by atoms with Gasteiger partial charge in [0.25, 0.3) is 5.56 Å². The summed E-state index contributed by atoms with van der Waals surface area (Å²) >= 11 is 0. The van der Waals surface area contributed by atoms with Gasteiger partial charge in [0.2, 0.25) is 5.95 Å². The van der Waals surface area contributed by atoms with Crippen molar-refractivity contribution in [2.24, 2.45) is 7.05 Å². The zero-order chi connectivity index (χ0) is 21.3. The molecule has 7 nitrogen and oxygen atoms in total. The Kier molecular flexibility index (Phi) is 7.88. The normalized spacial score (nSPS) is 11.3. The number of H-pyrrole nitrogens is 1. The summed E-state index contributed by atoms with van der Waals surface area (Å²) < 4.78 is 3.32. The number of anilines is 1. The summed E-state index contributed by atoms with van der Waals surface area (Å²) in [5.74, 6) is 0.628. The number of hydrogen-bond donors (Lipinski definition) is 2. The molecule has 3 rings (SSSR count). The lowest BCUT2D eigenvalue weighted by Gasteiger charge is -2.10. The molecule has 2 aromatic heterocycles. The molecule has 1 aromatic carbocycles. The summed E-state index contributed by atoms with van der Waals surface area (Å²) in [6.45, 7) is 3.54. The number of nitrogens with zero attached hydrogens (tertiary/aromatic N) is 3. The van der Waals surface area contributed by atoms with E-state index in [4.69, 9.17) is 0 Å². The summed E-state index contributed by atoms with van der Waals surface area (Å²) in [6.07, 6.45) is 9.77. The molecule has 0 atom stereocenters. The lowest BCUT2D eigenvalue weighted by atomic mass is 10.1. The van der Waals surface area contributed by atoms with E-state index in [2.05, 4.69) is 22.2 Å². The van der Waals surface area contributed by atoms with Crippen molar-refractivity contribution >= 4 is 17.1 Å². The summed E-state index contributed by atoms with van der Waals surface area (Å²) in [5.41, 5.74) is 1.17. The number of fused-ring (bicyclic) bond motifs is 1. The van der Waals surface area contributed by atoms with Gasteiger partial charge in [-0.2, -0.15) is 4.98 Å². The molecule has 162 valence electrons. The van der Waals surface area contributed by atoms with Crippen molar-refractivity contribution in [3.8, 4) is 0 Å². The number of aromatic amines is 1. The fourth-order valence-electron chi connectivity index (χ4n) is 3.77. The van der Waals surface area contributed by atoms with Crippen LogP contribution in [0.25, 0.3) is 11.2 Å². The molecule has 7 heteroatoms. The van der Waals surface area contributed by atoms with Crippen LogP contribution in [0.15, 0.2) is 39.9 Å². The highest BCUT2D eigenvalue weighted by Gasteiger charge is 2.17. The van der Waals surface area contributed by atoms with Gasteiger partial charge in [-0.1, -0.05) is 82.2 Å². The van der Waals surface area contributed by atoms with E-state index in [0.29, 0.717) is 30.2 Å². The second-order valence-electron chi connectivity index (χ2n) is 7.89. The van der Waals surface area contributed by atoms with Crippen molar-refractivity contribution in [1.29, 1.82) is 0 Å². The first-order valence-corrected chi connectivity index (χ1v) is 11.1. The molecule has 0 aliphatic heterocycles. The van der Waals surface area contributed by atoms with Crippen LogP contribution in [-0.4, -0.2) is 19.1 Å². The van der Waals surface area contributed by atoms with Gasteiger partial charge in [0.1, 0.15) is 0 Å². The number of imidazole rings is 1. The third kappa shape index (κ3) is 5.40. The first kappa shape index (κ1) is 21.9. The van der Waals surface area contributed by atoms with Crippen molar-refractivity contribution in [1.82, 2.24) is 19.1 Å². The predicted molar refractivity (Wildman–Crippen MR) is 122 cm³/mol. The van der Waals surface area contributed by atoms with E-state index in [1.807, 2.05) is 34.9 Å². The molecule has 0 amide bonds. The van der Waals surface area contributed by atoms with Crippen LogP contribution in [0.3, 0.4) is 0 Å². The quantitative estimate of drug-likeness (QED) is 0.438. The number of nitrogens with one attached hydrogen (secondary N) is 2. The Morgan fingerprint density at radius 3 is 2.33 bits per heavy atom. The van der Waals surface area contributed by atoms with E-state index in [1.54, 1.807) is 7.05 Å². The van der Waals surface area contributed by atoms with Gasteiger partial charge in [-0.3, -0.25) is 14.3 Å². The average molecular weight is 412 g/mol. The molecule has 30 heavy (non-hydrogen) atoms. The van der Waals surface area contributed by atoms with Gasteiger partial charge in [-0.25, -0.2) is 4.79 Å². The number of unbranched alkanes of at least 4 members (excludes halogenated alkanes) is 7. The third-order valence-electron chi connectivity index (χ3n) is 5.54. The Morgan fingerprint density at radius 1 is 0.967 bits per heavy atom. The molecule has 2 N–H and O–H groups in total. The van der Waals surface area contributed by atoms with Crippen LogP contribution in [0.1, 0.15) is 63.9 Å². The van der Waals surface area contributed by atoms with Crippen LogP contribution >= 0.6 is 0 Å². The van der Waals surface area contributed by atoms with Crippen molar-refractivity contribution < 1.29 is 0 Å². The van der Waals surface area contributed by atoms with Crippen LogP contribution in [0, 0.1) is 0 Å². The third-order valence-corrected chi connectivity index (χ3v) is 5.54. The van der Waals surface area contributed by atoms with E-state index in [1.165, 1.54) is 43.1 Å². The fourth-order valence-corrected chi connectivity index (χ4v) is 3.77. The monoisotopic (exact) mass is 411 g/mol. The summed E-state index contributed by atoms with van der Waals surface area (Å²) in [4.78, 5) is 31.5. The van der Waals surface area contributed by atoms with E-state index < -0.39 is 5.69 Å². The van der Waals surface area contributed by atoms with Crippen molar-refractivity contribution in [3.63, 3.8) is 0 Å². The Labute approximate surface area is 177 Å². The van der Waals surface area contributed by atoms with Crippen molar-refractivity contribution in [2.45, 2.75) is 71.4 Å². The van der Waals surface area contributed by atoms with E-state index in [-0.39, 0.29) is 5.56 Å². The minimum atomic E-state index is -0.446. The molecule has 0 unspecified atom stereocenters. The molecule has 2 heterocycles. The van der Waals surface area contributed by atoms with Gasteiger partial charge < -0.3 is 9.88 Å². The summed E-state index contributed by atoms with van der Waals surface area (Å²) in [5, 5.41) is 3.35. The average Bonchev–Trinajstić information content (AvgIpc) is 3.12. The van der Waals surface area contributed by atoms with Gasteiger partial charge in [-0.15, -0.1) is 0 Å². The van der Waals surface area contributed by atoms with Crippen LogP contribution in [0.2, 0.25) is 0 Å². The molecule has 0 aliphatic carbocycles. The molecule has 0 spiro atoms. The highest BCUT2D eigenvalue weighted by atomic mass is 16.2. The number of hydrogen-bond acceptors (Lipinski definition) is 4. The second-order valence-corrected chi connectivity index (χ2v) is 7.89. The summed E-state index contributed by atoms with van der Waals surface area (Å²) in [7, 11) is 1.63. The Morgan fingerprint density at radius 2 is 1.63 bits per heavy atom. The molecule has 0 radical (unpaired) electrons. The smallest absolute Gasteiger partial charge is 0.329 e. The Balaban J connectivity index is 1.73. The first-order chi connectivity index (χ1) is 14.6. The van der Waals surface area contributed by atoms with Gasteiger partial charge in [0.05, 0.1) is 0 Å². The predicted octanol–water partition coefficient (Wildman–Crippen LogP) is 4.18. The van der Waals surface area contributed by atoms with Gasteiger partial charge in [0, 0.05) is 20.1 Å². The number of benzene rings is 1. The van der Waals surface area contributed by atoms with Gasteiger partial charge in [0.15, 0.2) is 11.2 Å². The molecule has 0 bridgehead atoms. The molecular weight excluding hydrogens is 378 g/mol. The minimum Gasteiger partial charge on any atom is -0.352 e. The second kappa shape index (κ2) is 10.8. The fraction of sp³-hybridized carbons (Fsp3) is 0.522. The highest BCUT2D eigenvalue weighted by Crippen LogP contribution is 2.18. The maximum atomic E-state index is 12.5. The zero-order valence-electron chi connectivity index (χ0n) is 18.1. The van der Waals surface area contributed by atoms with E-state index in [0.717, 1.165) is 18.4 Å². The topological polar surface area (TPSA) is 84.7 Å². The molecule has 0 fully saturated rings. The lowest BCUT2D eigenvalue weighted by Crippen LogP contribution is -2.29. The molecule has 0 saturated heterocycles. The van der Waals surface area contributed by atoms with E-state index >= 15 is 0 Å². The lowest BCUT2D eigenvalue weighted by molar-refractivity contribution is 0.549. The minimum absolute atomic E-state index is 0.382. The maximum absolute atomic E-state index is 12.5. The maximum Gasteiger partial charge on any atom is 0.329 e. The largest absolute Gasteiger partial charge is 0.352 e. The molecule has 0 aliphatic rings. The van der Waals surface area contributed by atoms with Crippen LogP contribution in [0.4, 0.5) is 5.95 Å². The van der Waals surface area contributed by atoms with Crippen molar-refractivity contribution in [3.05, 3.63) is 56.7 Å². The number of aryl methyl sites for hydroxylation is 2. The van der Waals surface area contributed by atoms with Crippen LogP contribution in [-0.2, 0) is 20.1 Å². The Hall–Kier alpha value is -2.83. The molecule has 0 saturated carbocycles. The first-order valence-electron chi connectivity index (χ1n) is 11.1. The molecule has 3 aromatic rings. The standard InChI is InChI=1S/C23H33N5O2/c1-3-4-5-6-7-8-9-13-16-28-19-20(27(2)23(30)26-21(19)29)25-22(28)24-17-18-14-11-10-12-15-18/h10-12,14-15H,3-9,13,16-17H2,1-2H3,(H,24,25)(H,26,29,30). The zero-order valence-corrected chi connectivity index (χ0v) is 18.1. The number of aromatic nitrogens is 4. The Bertz CT molecular complexity index is 1050. The highest BCUT2D eigenvalue weighted by molar-refractivity contribution is 5.74. The SMILES string of the molecule is CCCCCCCCCCn1c(NCc2ccccc2)nc2c1c(=O)[nH]c(=O)n2C. The van der Waals surface area contributed by atoms with E-state index in [9.17, 15) is 9.59 Å². The molecular formula is C23H33N5O2. The van der Waals surface area contributed by atoms with Crippen molar-refractivity contribution in [2.75, 3.05) is 5.32 Å². The van der Waals surface area contributed by atoms with Gasteiger partial charge >= 0.3 is 5.69 Å². The van der Waals surface area contributed by atoms with Crippen LogP contribution < -0.4 is 16.6 Å².